The fraction of sp³-hybridized carbons (Fsp3) is 0.917. The maximum Gasteiger partial charge on any atom is 0.328 e. The van der Waals surface area contributed by atoms with Crippen molar-refractivity contribution < 1.29 is 14.3 Å². The van der Waals surface area contributed by atoms with Gasteiger partial charge < -0.3 is 15.2 Å². The highest BCUT2D eigenvalue weighted by Crippen LogP contribution is 2.17. The Balaban J connectivity index is 2.06. The van der Waals surface area contributed by atoms with Crippen LogP contribution in [0, 0.1) is 0 Å². The third-order valence-corrected chi connectivity index (χ3v) is 2.94. The molecule has 1 aliphatic heterocycles. The number of hydrogen-bond donors (Lipinski definition) is 1. The van der Waals surface area contributed by atoms with Gasteiger partial charge in [0.05, 0.1) is 13.2 Å². The Bertz CT molecular complexity index is 212. The summed E-state index contributed by atoms with van der Waals surface area (Å²) in [6.45, 7) is 3.52. The van der Waals surface area contributed by atoms with Gasteiger partial charge >= 0.3 is 5.97 Å². The van der Waals surface area contributed by atoms with Crippen molar-refractivity contribution >= 4 is 5.97 Å². The number of unbranched alkanes of at least 4 members (excludes halogenated alkanes) is 4. The summed E-state index contributed by atoms with van der Waals surface area (Å²) in [5.41, 5.74) is 4.98. The lowest BCUT2D eigenvalue weighted by Crippen LogP contribution is -2.49. The van der Waals surface area contributed by atoms with Crippen LogP contribution in [0.4, 0.5) is 0 Å². The second-order valence-electron chi connectivity index (χ2n) is 4.51. The van der Waals surface area contributed by atoms with Crippen molar-refractivity contribution in [3.05, 3.63) is 0 Å². The van der Waals surface area contributed by atoms with Gasteiger partial charge in [0.1, 0.15) is 5.54 Å². The molecule has 1 heterocycles. The predicted molar refractivity (Wildman–Crippen MR) is 62.1 cm³/mol. The van der Waals surface area contributed by atoms with Gasteiger partial charge in [-0.3, -0.25) is 0 Å². The lowest BCUT2D eigenvalue weighted by Gasteiger charge is -2.19. The van der Waals surface area contributed by atoms with Crippen LogP contribution >= 0.6 is 0 Å². The molecule has 4 nitrogen and oxygen atoms in total. The molecule has 0 aliphatic carbocycles. The van der Waals surface area contributed by atoms with Gasteiger partial charge in [-0.25, -0.2) is 4.79 Å². The molecule has 0 aromatic heterocycles. The second-order valence-corrected chi connectivity index (χ2v) is 4.51. The van der Waals surface area contributed by atoms with Crippen LogP contribution in [0.25, 0.3) is 0 Å². The standard InChI is InChI=1S/C12H23NO3/c1-2-3-4-5-6-8-16-11(14)12(13)7-9-15-10-12/h2-10,13H2,1H3. The highest BCUT2D eigenvalue weighted by atomic mass is 16.5. The number of esters is 1. The summed E-state index contributed by atoms with van der Waals surface area (Å²) in [7, 11) is 0. The van der Waals surface area contributed by atoms with E-state index in [1.807, 2.05) is 0 Å². The summed E-state index contributed by atoms with van der Waals surface area (Å²) in [6.07, 6.45) is 6.32. The van der Waals surface area contributed by atoms with Crippen molar-refractivity contribution in [1.82, 2.24) is 0 Å². The summed E-state index contributed by atoms with van der Waals surface area (Å²) in [5, 5.41) is 0. The summed E-state index contributed by atoms with van der Waals surface area (Å²) < 4.78 is 10.3. The zero-order chi connectivity index (χ0) is 11.9. The van der Waals surface area contributed by atoms with Crippen molar-refractivity contribution in [2.24, 2.45) is 5.73 Å². The molecular weight excluding hydrogens is 206 g/mol. The quantitative estimate of drug-likeness (QED) is 0.532. The Kier molecular flexibility index (Phi) is 5.77. The fourth-order valence-corrected chi connectivity index (χ4v) is 1.76. The van der Waals surface area contributed by atoms with Gasteiger partial charge in [-0.05, 0) is 6.42 Å². The first-order valence-corrected chi connectivity index (χ1v) is 6.23. The van der Waals surface area contributed by atoms with Gasteiger partial charge in [-0.1, -0.05) is 32.6 Å². The topological polar surface area (TPSA) is 61.5 Å². The smallest absolute Gasteiger partial charge is 0.328 e. The van der Waals surface area contributed by atoms with Crippen LogP contribution in [0.1, 0.15) is 45.4 Å². The third kappa shape index (κ3) is 4.10. The molecule has 0 aromatic carbocycles. The predicted octanol–water partition coefficient (Wildman–Crippen LogP) is 1.62. The molecule has 1 fully saturated rings. The largest absolute Gasteiger partial charge is 0.464 e. The van der Waals surface area contributed by atoms with Crippen LogP contribution in [-0.4, -0.2) is 31.3 Å². The van der Waals surface area contributed by atoms with Crippen LogP contribution in [0.2, 0.25) is 0 Å². The lowest BCUT2D eigenvalue weighted by molar-refractivity contribution is -0.150. The number of carbonyl (C=O) groups excluding carboxylic acids is 1. The summed E-state index contributed by atoms with van der Waals surface area (Å²) in [6, 6.07) is 0. The average Bonchev–Trinajstić information content (AvgIpc) is 2.71. The van der Waals surface area contributed by atoms with Crippen molar-refractivity contribution in [2.45, 2.75) is 51.0 Å². The first-order valence-electron chi connectivity index (χ1n) is 6.23. The molecule has 0 bridgehead atoms. The lowest BCUT2D eigenvalue weighted by atomic mass is 10.0. The fourth-order valence-electron chi connectivity index (χ4n) is 1.76. The molecule has 1 atom stereocenters. The Morgan fingerprint density at radius 2 is 2.12 bits per heavy atom. The minimum Gasteiger partial charge on any atom is -0.464 e. The van der Waals surface area contributed by atoms with E-state index in [1.54, 1.807) is 0 Å². The minimum atomic E-state index is -0.885. The molecule has 0 aromatic rings. The average molecular weight is 229 g/mol. The molecule has 0 saturated carbocycles. The monoisotopic (exact) mass is 229 g/mol. The van der Waals surface area contributed by atoms with Gasteiger partial charge in [0.25, 0.3) is 0 Å². The van der Waals surface area contributed by atoms with E-state index in [1.165, 1.54) is 19.3 Å². The molecule has 4 heteroatoms. The molecule has 16 heavy (non-hydrogen) atoms. The van der Waals surface area contributed by atoms with Crippen molar-refractivity contribution in [3.63, 3.8) is 0 Å². The Morgan fingerprint density at radius 1 is 1.38 bits per heavy atom. The second kappa shape index (κ2) is 6.86. The molecule has 1 aliphatic rings. The molecular formula is C12H23NO3. The number of hydrogen-bond acceptors (Lipinski definition) is 4. The Morgan fingerprint density at radius 3 is 2.75 bits per heavy atom. The SMILES string of the molecule is CCCCCCCOC(=O)C1(N)CCOC1. The number of ether oxygens (including phenoxy) is 2. The third-order valence-electron chi connectivity index (χ3n) is 2.94. The Hall–Kier alpha value is -0.610. The van der Waals surface area contributed by atoms with E-state index in [4.69, 9.17) is 15.2 Å². The number of nitrogens with two attached hydrogens (primary N) is 1. The van der Waals surface area contributed by atoms with E-state index >= 15 is 0 Å². The van der Waals surface area contributed by atoms with Crippen LogP contribution in [-0.2, 0) is 14.3 Å². The Labute approximate surface area is 97.5 Å². The molecule has 0 spiro atoms. The highest BCUT2D eigenvalue weighted by molar-refractivity contribution is 5.81. The van der Waals surface area contributed by atoms with Crippen LogP contribution in [0.15, 0.2) is 0 Å². The van der Waals surface area contributed by atoms with Crippen molar-refractivity contribution in [3.8, 4) is 0 Å². The van der Waals surface area contributed by atoms with Crippen LogP contribution in [0.5, 0.6) is 0 Å². The molecule has 0 radical (unpaired) electrons. The molecule has 1 saturated heterocycles. The van der Waals surface area contributed by atoms with E-state index in [9.17, 15) is 4.79 Å². The van der Waals surface area contributed by atoms with Crippen LogP contribution in [0.3, 0.4) is 0 Å². The van der Waals surface area contributed by atoms with E-state index < -0.39 is 5.54 Å². The van der Waals surface area contributed by atoms with Crippen molar-refractivity contribution in [2.75, 3.05) is 19.8 Å². The zero-order valence-electron chi connectivity index (χ0n) is 10.2. The molecule has 1 unspecified atom stereocenters. The van der Waals surface area contributed by atoms with Gasteiger partial charge in [-0.15, -0.1) is 0 Å². The van der Waals surface area contributed by atoms with Gasteiger partial charge in [0.2, 0.25) is 0 Å². The first kappa shape index (κ1) is 13.5. The van der Waals surface area contributed by atoms with E-state index in [0.29, 0.717) is 26.2 Å². The highest BCUT2D eigenvalue weighted by Gasteiger charge is 2.39. The first-order chi connectivity index (χ1) is 7.69. The van der Waals surface area contributed by atoms with Crippen LogP contribution < -0.4 is 5.73 Å². The number of rotatable bonds is 7. The minimum absolute atomic E-state index is 0.293. The van der Waals surface area contributed by atoms with Crippen molar-refractivity contribution in [1.29, 1.82) is 0 Å². The van der Waals surface area contributed by atoms with Gasteiger partial charge in [0, 0.05) is 13.0 Å². The van der Waals surface area contributed by atoms with Gasteiger partial charge in [0.15, 0.2) is 0 Å². The number of carbonyl (C=O) groups is 1. The molecule has 94 valence electrons. The summed E-state index contributed by atoms with van der Waals surface area (Å²) in [5.74, 6) is -0.305. The van der Waals surface area contributed by atoms with Gasteiger partial charge in [-0.2, -0.15) is 0 Å². The molecule has 1 rings (SSSR count). The summed E-state index contributed by atoms with van der Waals surface area (Å²) >= 11 is 0. The maximum absolute atomic E-state index is 11.6. The normalized spacial score (nSPS) is 24.6. The van der Waals surface area contributed by atoms with E-state index in [2.05, 4.69) is 6.92 Å². The zero-order valence-corrected chi connectivity index (χ0v) is 10.2. The maximum atomic E-state index is 11.6. The molecule has 2 N–H and O–H groups in total. The van der Waals surface area contributed by atoms with E-state index in [-0.39, 0.29) is 5.97 Å². The summed E-state index contributed by atoms with van der Waals surface area (Å²) in [4.78, 5) is 11.6. The molecule has 0 amide bonds. The van der Waals surface area contributed by atoms with E-state index in [0.717, 1.165) is 12.8 Å².